The second kappa shape index (κ2) is 5.98. The lowest BCUT2D eigenvalue weighted by Crippen LogP contribution is -2.31. The zero-order chi connectivity index (χ0) is 12.1. The van der Waals surface area contributed by atoms with Gasteiger partial charge in [-0.05, 0) is 26.1 Å². The standard InChI is InChI=1S/C11H17NO3S/c1-8(7-13)12(2)6-9-4-5-10(16-9)11(14)15-3/h4-5,8,13H,6-7H2,1-3H3. The topological polar surface area (TPSA) is 49.8 Å². The predicted molar refractivity (Wildman–Crippen MR) is 63.7 cm³/mol. The van der Waals surface area contributed by atoms with Gasteiger partial charge >= 0.3 is 5.97 Å². The second-order valence-electron chi connectivity index (χ2n) is 3.70. The van der Waals surface area contributed by atoms with E-state index in [1.165, 1.54) is 18.4 Å². The fourth-order valence-corrected chi connectivity index (χ4v) is 2.20. The molecule has 1 unspecified atom stereocenters. The van der Waals surface area contributed by atoms with E-state index in [9.17, 15) is 4.79 Å². The molecule has 16 heavy (non-hydrogen) atoms. The Bertz CT molecular complexity index is 351. The first-order valence-corrected chi connectivity index (χ1v) is 5.88. The quantitative estimate of drug-likeness (QED) is 0.793. The van der Waals surface area contributed by atoms with E-state index in [2.05, 4.69) is 4.74 Å². The van der Waals surface area contributed by atoms with Crippen LogP contribution in [0.3, 0.4) is 0 Å². The number of thiophene rings is 1. The number of aliphatic hydroxyl groups is 1. The second-order valence-corrected chi connectivity index (χ2v) is 4.87. The lowest BCUT2D eigenvalue weighted by Gasteiger charge is -2.21. The molecule has 0 spiro atoms. The minimum atomic E-state index is -0.297. The van der Waals surface area contributed by atoms with Crippen LogP contribution in [0.25, 0.3) is 0 Å². The number of hydrogen-bond acceptors (Lipinski definition) is 5. The molecule has 1 atom stereocenters. The van der Waals surface area contributed by atoms with E-state index >= 15 is 0 Å². The molecule has 0 radical (unpaired) electrons. The number of carbonyl (C=O) groups excluding carboxylic acids is 1. The fraction of sp³-hybridized carbons (Fsp3) is 0.545. The molecule has 4 nitrogen and oxygen atoms in total. The van der Waals surface area contributed by atoms with Crippen molar-refractivity contribution in [2.24, 2.45) is 0 Å². The Kier molecular flexibility index (Phi) is 4.92. The zero-order valence-corrected chi connectivity index (χ0v) is 10.6. The molecule has 0 aromatic carbocycles. The summed E-state index contributed by atoms with van der Waals surface area (Å²) in [5.74, 6) is -0.297. The van der Waals surface area contributed by atoms with Gasteiger partial charge in [0.15, 0.2) is 0 Å². The van der Waals surface area contributed by atoms with Gasteiger partial charge < -0.3 is 9.84 Å². The van der Waals surface area contributed by atoms with Crippen LogP contribution in [-0.2, 0) is 11.3 Å². The van der Waals surface area contributed by atoms with Gasteiger partial charge in [0.2, 0.25) is 0 Å². The molecule has 1 aromatic heterocycles. The summed E-state index contributed by atoms with van der Waals surface area (Å²) < 4.78 is 4.64. The maximum absolute atomic E-state index is 11.2. The van der Waals surface area contributed by atoms with Crippen LogP contribution >= 0.6 is 11.3 Å². The molecule has 0 saturated carbocycles. The number of ether oxygens (including phenoxy) is 1. The van der Waals surface area contributed by atoms with E-state index in [0.717, 1.165) is 11.4 Å². The summed E-state index contributed by atoms with van der Waals surface area (Å²) in [7, 11) is 3.32. The van der Waals surface area contributed by atoms with Gasteiger partial charge in [-0.25, -0.2) is 4.79 Å². The molecule has 5 heteroatoms. The van der Waals surface area contributed by atoms with Crippen molar-refractivity contribution < 1.29 is 14.6 Å². The van der Waals surface area contributed by atoms with Crippen LogP contribution < -0.4 is 0 Å². The summed E-state index contributed by atoms with van der Waals surface area (Å²) in [6.45, 7) is 2.81. The lowest BCUT2D eigenvalue weighted by atomic mass is 10.3. The number of carbonyl (C=O) groups is 1. The third-order valence-electron chi connectivity index (χ3n) is 2.47. The van der Waals surface area contributed by atoms with Crippen LogP contribution in [0.4, 0.5) is 0 Å². The van der Waals surface area contributed by atoms with Gasteiger partial charge in [-0.15, -0.1) is 11.3 Å². The van der Waals surface area contributed by atoms with Gasteiger partial charge in [-0.3, -0.25) is 4.90 Å². The highest BCUT2D eigenvalue weighted by Crippen LogP contribution is 2.19. The number of methoxy groups -OCH3 is 1. The van der Waals surface area contributed by atoms with Crippen LogP contribution in [0.1, 0.15) is 21.5 Å². The van der Waals surface area contributed by atoms with Gasteiger partial charge in [-0.1, -0.05) is 0 Å². The first-order chi connectivity index (χ1) is 7.58. The van der Waals surface area contributed by atoms with E-state index in [1.54, 1.807) is 6.07 Å². The normalized spacial score (nSPS) is 12.8. The Morgan fingerprint density at radius 1 is 1.62 bits per heavy atom. The molecule has 0 bridgehead atoms. The van der Waals surface area contributed by atoms with Crippen LogP contribution in [-0.4, -0.2) is 42.8 Å². The van der Waals surface area contributed by atoms with Crippen LogP contribution in [0, 0.1) is 0 Å². The predicted octanol–water partition coefficient (Wildman–Crippen LogP) is 1.35. The molecular weight excluding hydrogens is 226 g/mol. The summed E-state index contributed by atoms with van der Waals surface area (Å²) in [6.07, 6.45) is 0. The number of hydrogen-bond donors (Lipinski definition) is 1. The summed E-state index contributed by atoms with van der Waals surface area (Å²) in [5.41, 5.74) is 0. The minimum absolute atomic E-state index is 0.115. The van der Waals surface area contributed by atoms with Crippen molar-refractivity contribution in [3.05, 3.63) is 21.9 Å². The van der Waals surface area contributed by atoms with E-state index in [4.69, 9.17) is 5.11 Å². The Hall–Kier alpha value is -0.910. The van der Waals surface area contributed by atoms with Gasteiger partial charge in [0.1, 0.15) is 4.88 Å². The summed E-state index contributed by atoms with van der Waals surface area (Å²) in [5, 5.41) is 9.00. The first-order valence-electron chi connectivity index (χ1n) is 5.06. The molecule has 0 amide bonds. The van der Waals surface area contributed by atoms with Crippen LogP contribution in [0.2, 0.25) is 0 Å². The zero-order valence-electron chi connectivity index (χ0n) is 9.77. The van der Waals surface area contributed by atoms with Crippen molar-refractivity contribution in [1.82, 2.24) is 4.90 Å². The first kappa shape index (κ1) is 13.2. The average molecular weight is 243 g/mol. The van der Waals surface area contributed by atoms with Gasteiger partial charge in [-0.2, -0.15) is 0 Å². The molecule has 1 aromatic rings. The number of rotatable bonds is 5. The summed E-state index contributed by atoms with van der Waals surface area (Å²) >= 11 is 1.42. The van der Waals surface area contributed by atoms with Crippen LogP contribution in [0.15, 0.2) is 12.1 Å². The van der Waals surface area contributed by atoms with E-state index in [1.807, 2.05) is 24.9 Å². The van der Waals surface area contributed by atoms with Gasteiger partial charge in [0.25, 0.3) is 0 Å². The molecule has 0 aliphatic heterocycles. The fourth-order valence-electron chi connectivity index (χ4n) is 1.21. The van der Waals surface area contributed by atoms with Crippen molar-refractivity contribution in [2.75, 3.05) is 20.8 Å². The molecule has 0 aliphatic rings. The van der Waals surface area contributed by atoms with Crippen LogP contribution in [0.5, 0.6) is 0 Å². The average Bonchev–Trinajstić information content (AvgIpc) is 2.75. The summed E-state index contributed by atoms with van der Waals surface area (Å²) in [4.78, 5) is 15.0. The van der Waals surface area contributed by atoms with Crippen molar-refractivity contribution in [3.8, 4) is 0 Å². The smallest absolute Gasteiger partial charge is 0.348 e. The highest BCUT2D eigenvalue weighted by Gasteiger charge is 2.12. The molecule has 90 valence electrons. The molecule has 0 fully saturated rings. The van der Waals surface area contributed by atoms with Crippen molar-refractivity contribution >= 4 is 17.3 Å². The van der Waals surface area contributed by atoms with Gasteiger partial charge in [0.05, 0.1) is 13.7 Å². The number of likely N-dealkylation sites (N-methyl/N-ethyl adjacent to an activating group) is 1. The third kappa shape index (κ3) is 3.30. The molecule has 1 N–H and O–H groups in total. The van der Waals surface area contributed by atoms with E-state index < -0.39 is 0 Å². The lowest BCUT2D eigenvalue weighted by molar-refractivity contribution is 0.0606. The van der Waals surface area contributed by atoms with E-state index in [0.29, 0.717) is 4.88 Å². The highest BCUT2D eigenvalue weighted by atomic mass is 32.1. The Morgan fingerprint density at radius 3 is 2.88 bits per heavy atom. The maximum atomic E-state index is 11.2. The Balaban J connectivity index is 2.61. The minimum Gasteiger partial charge on any atom is -0.465 e. The number of aliphatic hydroxyl groups excluding tert-OH is 1. The Labute approximate surface area is 99.5 Å². The number of nitrogens with zero attached hydrogens (tertiary/aromatic N) is 1. The molecule has 0 saturated heterocycles. The van der Waals surface area contributed by atoms with Crippen molar-refractivity contribution in [2.45, 2.75) is 19.5 Å². The van der Waals surface area contributed by atoms with Gasteiger partial charge in [0, 0.05) is 17.5 Å². The molecule has 0 aliphatic carbocycles. The van der Waals surface area contributed by atoms with E-state index in [-0.39, 0.29) is 18.6 Å². The SMILES string of the molecule is COC(=O)c1ccc(CN(C)C(C)CO)s1. The molecule has 1 heterocycles. The summed E-state index contributed by atoms with van der Waals surface area (Å²) in [6, 6.07) is 3.80. The van der Waals surface area contributed by atoms with Crippen molar-refractivity contribution in [3.63, 3.8) is 0 Å². The maximum Gasteiger partial charge on any atom is 0.348 e. The number of esters is 1. The monoisotopic (exact) mass is 243 g/mol. The largest absolute Gasteiger partial charge is 0.465 e. The highest BCUT2D eigenvalue weighted by molar-refractivity contribution is 7.13. The molecule has 1 rings (SSSR count). The Morgan fingerprint density at radius 2 is 2.31 bits per heavy atom. The van der Waals surface area contributed by atoms with Crippen molar-refractivity contribution in [1.29, 1.82) is 0 Å². The molecular formula is C11H17NO3S. The third-order valence-corrected chi connectivity index (χ3v) is 3.52.